The first kappa shape index (κ1) is 23.3. The summed E-state index contributed by atoms with van der Waals surface area (Å²) < 4.78 is 7.64. The summed E-state index contributed by atoms with van der Waals surface area (Å²) >= 11 is 7.22. The minimum Gasteiger partial charge on any atom is -0.370 e. The van der Waals surface area contributed by atoms with E-state index in [1.807, 2.05) is 66.3 Å². The second-order valence-corrected chi connectivity index (χ2v) is 9.88. The topological polar surface area (TPSA) is 76.5 Å². The molecule has 0 bridgehead atoms. The van der Waals surface area contributed by atoms with E-state index in [1.54, 1.807) is 17.0 Å². The summed E-state index contributed by atoms with van der Waals surface area (Å²) in [5, 5.41) is 7.83. The third-order valence-corrected chi connectivity index (χ3v) is 7.03. The summed E-state index contributed by atoms with van der Waals surface area (Å²) in [6.07, 6.45) is 1.93. The maximum Gasteiger partial charge on any atom is 0.261 e. The van der Waals surface area contributed by atoms with Crippen LogP contribution in [0.2, 0.25) is 4.34 Å². The van der Waals surface area contributed by atoms with E-state index in [0.717, 1.165) is 33.8 Å². The Labute approximate surface area is 211 Å². The molecule has 1 aliphatic rings. The summed E-state index contributed by atoms with van der Waals surface area (Å²) in [5.41, 5.74) is 5.35. The molecular weight excluding hydrogens is 484 g/mol. The molecule has 2 aromatic carbocycles. The minimum atomic E-state index is -0.177. The highest BCUT2D eigenvalue weighted by Crippen LogP contribution is 2.28. The Morgan fingerprint density at radius 1 is 1.17 bits per heavy atom. The summed E-state index contributed by atoms with van der Waals surface area (Å²) in [7, 11) is 0. The lowest BCUT2D eigenvalue weighted by Gasteiger charge is -2.28. The van der Waals surface area contributed by atoms with Crippen LogP contribution in [0.5, 0.6) is 0 Å². The fourth-order valence-corrected chi connectivity index (χ4v) is 5.03. The van der Waals surface area contributed by atoms with Crippen molar-refractivity contribution in [2.24, 2.45) is 0 Å². The zero-order valence-electron chi connectivity index (χ0n) is 19.0. The van der Waals surface area contributed by atoms with E-state index in [9.17, 15) is 9.59 Å². The molecule has 178 valence electrons. The predicted octanol–water partition coefficient (Wildman–Crippen LogP) is 4.86. The van der Waals surface area contributed by atoms with Gasteiger partial charge in [0.1, 0.15) is 6.61 Å². The Balaban J connectivity index is 1.44. The van der Waals surface area contributed by atoms with Gasteiger partial charge in [-0.15, -0.1) is 11.3 Å². The summed E-state index contributed by atoms with van der Waals surface area (Å²) in [6, 6.07) is 19.2. The number of halogens is 1. The number of carbonyl (C=O) groups is 2. The van der Waals surface area contributed by atoms with E-state index < -0.39 is 0 Å². The molecule has 7 nitrogen and oxygen atoms in total. The second-order valence-electron chi connectivity index (χ2n) is 8.17. The van der Waals surface area contributed by atoms with Crippen molar-refractivity contribution in [2.75, 3.05) is 24.7 Å². The van der Waals surface area contributed by atoms with Gasteiger partial charge in [-0.1, -0.05) is 41.9 Å². The number of rotatable bonds is 6. The maximum absolute atomic E-state index is 12.6. The molecule has 0 spiro atoms. The van der Waals surface area contributed by atoms with Gasteiger partial charge in [0.25, 0.3) is 11.8 Å². The van der Waals surface area contributed by atoms with Gasteiger partial charge in [-0.3, -0.25) is 9.59 Å². The molecule has 9 heteroatoms. The lowest BCUT2D eigenvalue weighted by Crippen LogP contribution is -2.42. The third kappa shape index (κ3) is 5.00. The number of amides is 2. The van der Waals surface area contributed by atoms with Gasteiger partial charge in [-0.05, 0) is 42.8 Å². The first-order chi connectivity index (χ1) is 17.0. The van der Waals surface area contributed by atoms with Gasteiger partial charge in [-0.25, -0.2) is 4.68 Å². The first-order valence-corrected chi connectivity index (χ1v) is 12.4. The molecule has 0 unspecified atom stereocenters. The Bertz CT molecular complexity index is 1380. The average molecular weight is 507 g/mol. The van der Waals surface area contributed by atoms with Crippen LogP contribution in [-0.2, 0) is 16.1 Å². The molecule has 5 rings (SSSR count). The highest BCUT2D eigenvalue weighted by Gasteiger charge is 2.22. The fourth-order valence-electron chi connectivity index (χ4n) is 4.07. The molecule has 1 aliphatic heterocycles. The molecule has 35 heavy (non-hydrogen) atoms. The van der Waals surface area contributed by atoms with Crippen molar-refractivity contribution < 1.29 is 14.3 Å². The van der Waals surface area contributed by atoms with Crippen LogP contribution in [0, 0.1) is 6.92 Å². The van der Waals surface area contributed by atoms with Gasteiger partial charge in [-0.2, -0.15) is 5.10 Å². The third-order valence-electron chi connectivity index (χ3n) is 5.80. The van der Waals surface area contributed by atoms with Crippen LogP contribution < -0.4 is 10.2 Å². The van der Waals surface area contributed by atoms with Crippen molar-refractivity contribution in [1.82, 2.24) is 15.1 Å². The minimum absolute atomic E-state index is 0.0393. The number of ether oxygens (including phenoxy) is 1. The van der Waals surface area contributed by atoms with E-state index in [0.29, 0.717) is 28.9 Å². The maximum atomic E-state index is 12.6. The highest BCUT2D eigenvalue weighted by molar-refractivity contribution is 7.18. The zero-order chi connectivity index (χ0) is 24.4. The Hall–Kier alpha value is -3.46. The van der Waals surface area contributed by atoms with Crippen LogP contribution in [0.4, 0.5) is 5.69 Å². The van der Waals surface area contributed by atoms with Crippen molar-refractivity contribution in [3.63, 3.8) is 0 Å². The summed E-state index contributed by atoms with van der Waals surface area (Å²) in [5.74, 6) is -0.216. The zero-order valence-corrected chi connectivity index (χ0v) is 20.6. The molecule has 4 aromatic rings. The van der Waals surface area contributed by atoms with Gasteiger partial charge in [0.15, 0.2) is 0 Å². The van der Waals surface area contributed by atoms with Crippen molar-refractivity contribution in [1.29, 1.82) is 0 Å². The molecular formula is C26H23ClN4O3S. The Morgan fingerprint density at radius 3 is 2.71 bits per heavy atom. The Morgan fingerprint density at radius 2 is 2.00 bits per heavy atom. The van der Waals surface area contributed by atoms with E-state index in [2.05, 4.69) is 5.32 Å². The first-order valence-electron chi connectivity index (χ1n) is 11.2. The summed E-state index contributed by atoms with van der Waals surface area (Å²) in [6.45, 7) is 3.47. The molecule has 0 atom stereocenters. The molecule has 0 saturated carbocycles. The van der Waals surface area contributed by atoms with Gasteiger partial charge in [0.05, 0.1) is 27.2 Å². The van der Waals surface area contributed by atoms with Crippen LogP contribution >= 0.6 is 22.9 Å². The van der Waals surface area contributed by atoms with Crippen molar-refractivity contribution in [2.45, 2.75) is 13.5 Å². The number of thiophene rings is 1. The number of benzene rings is 2. The summed E-state index contributed by atoms with van der Waals surface area (Å²) in [4.78, 5) is 27.2. The number of hydrogen-bond donors (Lipinski definition) is 1. The molecule has 0 radical (unpaired) electrons. The van der Waals surface area contributed by atoms with Crippen LogP contribution in [0.25, 0.3) is 16.9 Å². The predicted molar refractivity (Wildman–Crippen MR) is 137 cm³/mol. The number of nitrogens with zero attached hydrogens (tertiary/aromatic N) is 3. The standard InChI is InChI=1S/C26H23ClN4O3S/c1-17-13-20(7-8-21(17)30-11-12-34-16-24(30)32)31-15-19(25(29-31)18-5-3-2-4-6-18)14-28-26(33)22-9-10-23(27)35-22/h2-10,13,15H,11-12,14,16H2,1H3,(H,28,33). The Kier molecular flexibility index (Phi) is 6.68. The quantitative estimate of drug-likeness (QED) is 0.405. The van der Waals surface area contributed by atoms with Gasteiger partial charge >= 0.3 is 0 Å². The number of aryl methyl sites for hydroxylation is 1. The van der Waals surface area contributed by atoms with Crippen LogP contribution in [-0.4, -0.2) is 41.4 Å². The van der Waals surface area contributed by atoms with E-state index in [1.165, 1.54) is 11.3 Å². The van der Waals surface area contributed by atoms with Gasteiger partial charge < -0.3 is 15.0 Å². The molecule has 2 amide bonds. The normalized spacial score (nSPS) is 13.8. The van der Waals surface area contributed by atoms with Gasteiger partial charge in [0, 0.05) is 36.1 Å². The molecule has 2 aromatic heterocycles. The number of aromatic nitrogens is 2. The van der Waals surface area contributed by atoms with Gasteiger partial charge in [0.2, 0.25) is 0 Å². The number of nitrogens with one attached hydrogen (secondary N) is 1. The molecule has 1 N–H and O–H groups in total. The van der Waals surface area contributed by atoms with Crippen LogP contribution in [0.3, 0.4) is 0 Å². The fraction of sp³-hybridized carbons (Fsp3) is 0.192. The number of morpholine rings is 1. The van der Waals surface area contributed by atoms with Crippen LogP contribution in [0.15, 0.2) is 66.9 Å². The van der Waals surface area contributed by atoms with E-state index in [-0.39, 0.29) is 18.4 Å². The van der Waals surface area contributed by atoms with Crippen LogP contribution in [0.1, 0.15) is 20.8 Å². The molecule has 1 saturated heterocycles. The second kappa shape index (κ2) is 10.0. The lowest BCUT2D eigenvalue weighted by atomic mass is 10.1. The number of anilines is 1. The smallest absolute Gasteiger partial charge is 0.261 e. The average Bonchev–Trinajstić information content (AvgIpc) is 3.50. The number of carbonyl (C=O) groups excluding carboxylic acids is 2. The molecule has 1 fully saturated rings. The van der Waals surface area contributed by atoms with E-state index >= 15 is 0 Å². The lowest BCUT2D eigenvalue weighted by molar-refractivity contribution is -0.125. The van der Waals surface area contributed by atoms with Crippen molar-refractivity contribution in [3.8, 4) is 16.9 Å². The molecule has 0 aliphatic carbocycles. The van der Waals surface area contributed by atoms with Crippen molar-refractivity contribution in [3.05, 3.63) is 87.2 Å². The molecule has 3 heterocycles. The van der Waals surface area contributed by atoms with Crippen molar-refractivity contribution >= 4 is 40.4 Å². The highest BCUT2D eigenvalue weighted by atomic mass is 35.5. The van der Waals surface area contributed by atoms with E-state index in [4.69, 9.17) is 21.4 Å². The SMILES string of the molecule is Cc1cc(-n2cc(CNC(=O)c3ccc(Cl)s3)c(-c3ccccc3)n2)ccc1N1CCOCC1=O. The monoisotopic (exact) mass is 506 g/mol. The number of hydrogen-bond acceptors (Lipinski definition) is 5. The largest absolute Gasteiger partial charge is 0.370 e.